The maximum Gasteiger partial charge on any atom is 0.264 e. The number of rotatable bonds is 3. The first-order chi connectivity index (χ1) is 8.58. The van der Waals surface area contributed by atoms with Crippen molar-refractivity contribution >= 4 is 22.4 Å². The van der Waals surface area contributed by atoms with E-state index in [0.29, 0.717) is 16.3 Å². The Morgan fingerprint density at radius 2 is 1.83 bits per heavy atom. The topological polar surface area (TPSA) is 40.5 Å². The minimum Gasteiger partial charge on any atom is -0.392 e. The van der Waals surface area contributed by atoms with Crippen LogP contribution in [0.1, 0.15) is 23.1 Å². The molecule has 5 heteroatoms. The third-order valence-electron chi connectivity index (χ3n) is 2.86. The summed E-state index contributed by atoms with van der Waals surface area (Å²) in [4.78, 5) is 0. The molecule has 2 N–H and O–H groups in total. The Bertz CT molecular complexity index is 585. The summed E-state index contributed by atoms with van der Waals surface area (Å²) in [6.45, 7) is -0.699. The summed E-state index contributed by atoms with van der Waals surface area (Å²) in [6, 6.07) is 6.21. The van der Waals surface area contributed by atoms with Crippen LogP contribution in [0.15, 0.2) is 24.3 Å². The number of fused-ring (bicyclic) bond motifs is 1. The number of alkyl halides is 2. The van der Waals surface area contributed by atoms with E-state index in [9.17, 15) is 8.78 Å². The molecule has 0 unspecified atom stereocenters. The third kappa shape index (κ3) is 2.19. The average Bonchev–Trinajstić information content (AvgIpc) is 2.35. The highest BCUT2D eigenvalue weighted by molar-refractivity contribution is 6.32. The van der Waals surface area contributed by atoms with Crippen molar-refractivity contribution in [1.82, 2.24) is 0 Å². The van der Waals surface area contributed by atoms with Gasteiger partial charge in [0.2, 0.25) is 0 Å². The van der Waals surface area contributed by atoms with Gasteiger partial charge in [0.1, 0.15) is 0 Å². The van der Waals surface area contributed by atoms with E-state index in [1.54, 1.807) is 12.1 Å². The Morgan fingerprint density at radius 3 is 2.39 bits per heavy atom. The van der Waals surface area contributed by atoms with E-state index in [-0.39, 0.29) is 22.8 Å². The molecule has 0 saturated heterocycles. The molecule has 2 aromatic carbocycles. The molecular formula is C13H11ClF2O2. The number of aliphatic hydroxyl groups excluding tert-OH is 2. The maximum atomic E-state index is 13.1. The van der Waals surface area contributed by atoms with Gasteiger partial charge in [-0.25, -0.2) is 8.78 Å². The number of hydrogen-bond donors (Lipinski definition) is 2. The highest BCUT2D eigenvalue weighted by Gasteiger charge is 2.19. The summed E-state index contributed by atoms with van der Waals surface area (Å²) < 4.78 is 26.2. The van der Waals surface area contributed by atoms with Crippen molar-refractivity contribution in [3.05, 3.63) is 46.0 Å². The average molecular weight is 273 g/mol. The van der Waals surface area contributed by atoms with Crippen LogP contribution in [0.2, 0.25) is 5.02 Å². The number of benzene rings is 2. The van der Waals surface area contributed by atoms with Crippen molar-refractivity contribution in [1.29, 1.82) is 0 Å². The summed E-state index contributed by atoms with van der Waals surface area (Å²) in [5.74, 6) is 0. The van der Waals surface area contributed by atoms with Gasteiger partial charge < -0.3 is 10.2 Å². The predicted octanol–water partition coefficient (Wildman–Crippen LogP) is 3.42. The first kappa shape index (κ1) is 13.2. The smallest absolute Gasteiger partial charge is 0.264 e. The number of aliphatic hydroxyl groups is 2. The van der Waals surface area contributed by atoms with Crippen LogP contribution in [0.3, 0.4) is 0 Å². The van der Waals surface area contributed by atoms with Crippen molar-refractivity contribution in [2.24, 2.45) is 0 Å². The van der Waals surface area contributed by atoms with E-state index >= 15 is 0 Å². The maximum absolute atomic E-state index is 13.1. The molecule has 0 spiro atoms. The van der Waals surface area contributed by atoms with Crippen molar-refractivity contribution in [2.45, 2.75) is 19.6 Å². The summed E-state index contributed by atoms with van der Waals surface area (Å²) in [7, 11) is 0. The summed E-state index contributed by atoms with van der Waals surface area (Å²) >= 11 is 5.89. The predicted molar refractivity (Wildman–Crippen MR) is 65.8 cm³/mol. The van der Waals surface area contributed by atoms with E-state index in [0.717, 1.165) is 0 Å². The molecule has 0 aliphatic carbocycles. The summed E-state index contributed by atoms with van der Waals surface area (Å²) in [5.41, 5.74) is 0.427. The Balaban J connectivity index is 2.81. The second kappa shape index (κ2) is 5.18. The minimum absolute atomic E-state index is 0.0518. The number of halogens is 3. The lowest BCUT2D eigenvalue weighted by Crippen LogP contribution is -1.98. The van der Waals surface area contributed by atoms with Gasteiger partial charge in [0, 0.05) is 16.1 Å². The van der Waals surface area contributed by atoms with E-state index in [4.69, 9.17) is 21.8 Å². The Labute approximate surface area is 107 Å². The van der Waals surface area contributed by atoms with E-state index in [1.165, 1.54) is 12.1 Å². The lowest BCUT2D eigenvalue weighted by Gasteiger charge is -2.13. The molecule has 18 heavy (non-hydrogen) atoms. The molecular weight excluding hydrogens is 262 g/mol. The monoisotopic (exact) mass is 272 g/mol. The molecule has 0 aliphatic heterocycles. The van der Waals surface area contributed by atoms with Gasteiger partial charge in [-0.1, -0.05) is 23.7 Å². The summed E-state index contributed by atoms with van der Waals surface area (Å²) in [5, 5.41) is 19.2. The van der Waals surface area contributed by atoms with Crippen LogP contribution in [0.25, 0.3) is 10.8 Å². The fourth-order valence-electron chi connectivity index (χ4n) is 2.00. The largest absolute Gasteiger partial charge is 0.392 e. The van der Waals surface area contributed by atoms with E-state index in [2.05, 4.69) is 0 Å². The lowest BCUT2D eigenvalue weighted by molar-refractivity contribution is 0.149. The van der Waals surface area contributed by atoms with Gasteiger partial charge in [0.15, 0.2) is 0 Å². The standard InChI is InChI=1S/C13H11ClF2O2/c14-11-4-8-3-7(5-17)1-2-9(8)12(13(15)16)10(11)6-18/h1-4,13,17-18H,5-6H2. The van der Waals surface area contributed by atoms with E-state index in [1.807, 2.05) is 0 Å². The first-order valence-corrected chi connectivity index (χ1v) is 5.70. The fourth-order valence-corrected chi connectivity index (χ4v) is 2.28. The molecule has 0 radical (unpaired) electrons. The van der Waals surface area contributed by atoms with Crippen LogP contribution >= 0.6 is 11.6 Å². The normalized spacial score (nSPS) is 11.4. The van der Waals surface area contributed by atoms with Crippen LogP contribution in [0, 0.1) is 0 Å². The van der Waals surface area contributed by atoms with Gasteiger partial charge in [-0.15, -0.1) is 0 Å². The Kier molecular flexibility index (Phi) is 3.80. The zero-order valence-electron chi connectivity index (χ0n) is 9.33. The zero-order valence-corrected chi connectivity index (χ0v) is 10.1. The van der Waals surface area contributed by atoms with Gasteiger partial charge in [0.05, 0.1) is 13.2 Å². The van der Waals surface area contributed by atoms with Gasteiger partial charge >= 0.3 is 0 Å². The molecule has 0 aliphatic rings. The quantitative estimate of drug-likeness (QED) is 0.899. The fraction of sp³-hybridized carbons (Fsp3) is 0.231. The molecule has 2 nitrogen and oxygen atoms in total. The van der Waals surface area contributed by atoms with Crippen molar-refractivity contribution in [3.63, 3.8) is 0 Å². The number of hydrogen-bond acceptors (Lipinski definition) is 2. The molecule has 96 valence electrons. The highest BCUT2D eigenvalue weighted by Crippen LogP contribution is 2.36. The molecule has 2 aromatic rings. The SMILES string of the molecule is OCc1ccc2c(C(F)F)c(CO)c(Cl)cc2c1. The zero-order chi connectivity index (χ0) is 13.3. The van der Waals surface area contributed by atoms with Gasteiger partial charge in [-0.2, -0.15) is 0 Å². The van der Waals surface area contributed by atoms with Crippen LogP contribution in [0.4, 0.5) is 8.78 Å². The van der Waals surface area contributed by atoms with Gasteiger partial charge in [-0.05, 0) is 28.5 Å². The first-order valence-electron chi connectivity index (χ1n) is 5.32. The molecule has 0 aromatic heterocycles. The molecule has 0 atom stereocenters. The minimum atomic E-state index is -2.71. The van der Waals surface area contributed by atoms with Crippen LogP contribution in [-0.4, -0.2) is 10.2 Å². The summed E-state index contributed by atoms with van der Waals surface area (Å²) in [6.07, 6.45) is -2.71. The Morgan fingerprint density at radius 1 is 1.11 bits per heavy atom. The van der Waals surface area contributed by atoms with Crippen molar-refractivity contribution < 1.29 is 19.0 Å². The van der Waals surface area contributed by atoms with E-state index < -0.39 is 13.0 Å². The van der Waals surface area contributed by atoms with Gasteiger partial charge in [-0.3, -0.25) is 0 Å². The third-order valence-corrected chi connectivity index (χ3v) is 3.20. The molecule has 2 rings (SSSR count). The molecule has 0 saturated carbocycles. The second-order valence-electron chi connectivity index (χ2n) is 3.92. The van der Waals surface area contributed by atoms with Gasteiger partial charge in [0.25, 0.3) is 6.43 Å². The molecule has 0 fully saturated rings. The molecule has 0 heterocycles. The molecule has 0 bridgehead atoms. The van der Waals surface area contributed by atoms with Crippen molar-refractivity contribution in [2.75, 3.05) is 0 Å². The van der Waals surface area contributed by atoms with Crippen LogP contribution < -0.4 is 0 Å². The highest BCUT2D eigenvalue weighted by atomic mass is 35.5. The van der Waals surface area contributed by atoms with Crippen molar-refractivity contribution in [3.8, 4) is 0 Å². The Hall–Kier alpha value is -1.23. The second-order valence-corrected chi connectivity index (χ2v) is 4.33. The van der Waals surface area contributed by atoms with Crippen LogP contribution in [0.5, 0.6) is 0 Å². The van der Waals surface area contributed by atoms with Crippen LogP contribution in [-0.2, 0) is 13.2 Å². The molecule has 0 amide bonds. The lowest BCUT2D eigenvalue weighted by atomic mass is 9.98.